The van der Waals surface area contributed by atoms with E-state index in [1.807, 2.05) is 37.3 Å². The Kier molecular flexibility index (Phi) is 5.81. The summed E-state index contributed by atoms with van der Waals surface area (Å²) in [6.07, 6.45) is 0. The molecule has 0 bridgehead atoms. The first-order chi connectivity index (χ1) is 13.0. The Morgan fingerprint density at radius 2 is 1.74 bits per heavy atom. The van der Waals surface area contributed by atoms with Crippen molar-refractivity contribution in [3.63, 3.8) is 0 Å². The lowest BCUT2D eigenvalue weighted by molar-refractivity contribution is 0.308. The lowest BCUT2D eigenvalue weighted by Gasteiger charge is -2.26. The number of pyridine rings is 1. The fourth-order valence-corrected chi connectivity index (χ4v) is 3.32. The molecule has 0 amide bonds. The number of hydrogen-bond donors (Lipinski definition) is 1. The molecule has 0 aliphatic rings. The second-order valence-electron chi connectivity index (χ2n) is 6.80. The van der Waals surface area contributed by atoms with E-state index < -0.39 is 0 Å². The van der Waals surface area contributed by atoms with Crippen molar-refractivity contribution in [2.45, 2.75) is 13.0 Å². The van der Waals surface area contributed by atoms with Crippen LogP contribution in [0.4, 0.5) is 5.69 Å². The number of methoxy groups -OCH3 is 2. The van der Waals surface area contributed by atoms with Crippen LogP contribution < -0.4 is 14.8 Å². The van der Waals surface area contributed by atoms with Crippen LogP contribution in [-0.2, 0) is 0 Å². The summed E-state index contributed by atoms with van der Waals surface area (Å²) in [7, 11) is 7.48. The fraction of sp³-hybridized carbons (Fsp3) is 0.318. The molecule has 0 saturated heterocycles. The van der Waals surface area contributed by atoms with Gasteiger partial charge in [0.1, 0.15) is 0 Å². The van der Waals surface area contributed by atoms with Crippen molar-refractivity contribution in [2.75, 3.05) is 40.2 Å². The van der Waals surface area contributed by atoms with E-state index in [1.165, 1.54) is 5.56 Å². The van der Waals surface area contributed by atoms with Gasteiger partial charge in [-0.3, -0.25) is 4.98 Å². The predicted molar refractivity (Wildman–Crippen MR) is 111 cm³/mol. The number of anilines is 1. The molecule has 1 N–H and O–H groups in total. The van der Waals surface area contributed by atoms with Crippen LogP contribution in [0.2, 0.25) is 0 Å². The maximum atomic E-state index is 5.47. The number of aromatic nitrogens is 1. The summed E-state index contributed by atoms with van der Waals surface area (Å²) in [5, 5.41) is 4.75. The summed E-state index contributed by atoms with van der Waals surface area (Å²) >= 11 is 0. The lowest BCUT2D eigenvalue weighted by Crippen LogP contribution is -2.27. The highest BCUT2D eigenvalue weighted by atomic mass is 16.5. The molecule has 0 fully saturated rings. The number of ether oxygens (including phenoxy) is 2. The molecule has 0 radical (unpaired) electrons. The third-order valence-electron chi connectivity index (χ3n) is 4.75. The highest BCUT2D eigenvalue weighted by Gasteiger charge is 2.17. The third-order valence-corrected chi connectivity index (χ3v) is 4.75. The van der Waals surface area contributed by atoms with E-state index in [1.54, 1.807) is 14.2 Å². The average Bonchev–Trinajstić information content (AvgIpc) is 2.67. The number of likely N-dealkylation sites (N-methyl/N-ethyl adjacent to an activating group) is 1. The second-order valence-corrected chi connectivity index (χ2v) is 6.80. The average molecular weight is 365 g/mol. The smallest absolute Gasteiger partial charge is 0.161 e. The van der Waals surface area contributed by atoms with Gasteiger partial charge in [-0.1, -0.05) is 24.3 Å². The highest BCUT2D eigenvalue weighted by molar-refractivity contribution is 5.91. The maximum absolute atomic E-state index is 5.47. The van der Waals surface area contributed by atoms with E-state index in [9.17, 15) is 0 Å². The third kappa shape index (κ3) is 4.14. The van der Waals surface area contributed by atoms with Gasteiger partial charge in [0.15, 0.2) is 11.5 Å². The van der Waals surface area contributed by atoms with Crippen LogP contribution >= 0.6 is 0 Å². The number of nitrogens with one attached hydrogen (secondary N) is 1. The molecular weight excluding hydrogens is 338 g/mol. The molecule has 0 unspecified atom stereocenters. The lowest BCUT2D eigenvalue weighted by atomic mass is 10.0. The molecule has 5 nitrogen and oxygen atoms in total. The molecule has 2 aromatic carbocycles. The van der Waals surface area contributed by atoms with Crippen molar-refractivity contribution in [1.82, 2.24) is 9.88 Å². The van der Waals surface area contributed by atoms with E-state index in [0.717, 1.165) is 40.3 Å². The molecule has 142 valence electrons. The van der Waals surface area contributed by atoms with Gasteiger partial charge in [-0.15, -0.1) is 0 Å². The van der Waals surface area contributed by atoms with Crippen molar-refractivity contribution in [2.24, 2.45) is 0 Å². The number of rotatable bonds is 7. The van der Waals surface area contributed by atoms with Gasteiger partial charge in [-0.25, -0.2) is 0 Å². The molecule has 5 heteroatoms. The van der Waals surface area contributed by atoms with E-state index in [4.69, 9.17) is 9.47 Å². The van der Waals surface area contributed by atoms with Crippen molar-refractivity contribution >= 4 is 16.6 Å². The van der Waals surface area contributed by atoms with Gasteiger partial charge in [0.25, 0.3) is 0 Å². The van der Waals surface area contributed by atoms with Crippen molar-refractivity contribution < 1.29 is 9.47 Å². The Morgan fingerprint density at radius 3 is 2.44 bits per heavy atom. The summed E-state index contributed by atoms with van der Waals surface area (Å²) < 4.78 is 10.8. The largest absolute Gasteiger partial charge is 0.493 e. The topological polar surface area (TPSA) is 46.6 Å². The quantitative estimate of drug-likeness (QED) is 0.677. The molecule has 1 aromatic heterocycles. The molecule has 1 atom stereocenters. The van der Waals surface area contributed by atoms with Crippen LogP contribution in [0.3, 0.4) is 0 Å². The molecule has 3 rings (SSSR count). The van der Waals surface area contributed by atoms with Crippen molar-refractivity contribution in [3.05, 3.63) is 59.8 Å². The molecule has 0 saturated carbocycles. The first kappa shape index (κ1) is 19.0. The Balaban J connectivity index is 1.88. The van der Waals surface area contributed by atoms with Crippen LogP contribution in [0.5, 0.6) is 11.5 Å². The van der Waals surface area contributed by atoms with E-state index in [-0.39, 0.29) is 6.04 Å². The van der Waals surface area contributed by atoms with E-state index in [0.29, 0.717) is 0 Å². The predicted octanol–water partition coefficient (Wildman–Crippen LogP) is 4.28. The van der Waals surface area contributed by atoms with Crippen LogP contribution in [0, 0.1) is 6.92 Å². The SMILES string of the molecule is COc1ccc([C@H](CNc2cc(C)nc3ccccc23)N(C)C)cc1OC. The van der Waals surface area contributed by atoms with Crippen molar-refractivity contribution in [3.8, 4) is 11.5 Å². The van der Waals surface area contributed by atoms with Crippen LogP contribution in [0.1, 0.15) is 17.3 Å². The number of benzene rings is 2. The number of aryl methyl sites for hydroxylation is 1. The number of nitrogens with zero attached hydrogens (tertiary/aromatic N) is 2. The Hall–Kier alpha value is -2.79. The number of para-hydroxylation sites is 1. The standard InChI is InChI=1S/C22H27N3O2/c1-15-12-19(17-8-6-7-9-18(17)24-15)23-14-20(25(2)3)16-10-11-21(26-4)22(13-16)27-5/h6-13,20H,14H2,1-5H3,(H,23,24)/t20-/m0/s1. The molecule has 0 aliphatic carbocycles. The normalized spacial score (nSPS) is 12.2. The number of fused-ring (bicyclic) bond motifs is 1. The maximum Gasteiger partial charge on any atom is 0.161 e. The van der Waals surface area contributed by atoms with E-state index >= 15 is 0 Å². The highest BCUT2D eigenvalue weighted by Crippen LogP contribution is 2.32. The first-order valence-corrected chi connectivity index (χ1v) is 9.02. The Bertz CT molecular complexity index is 925. The van der Waals surface area contributed by atoms with Gasteiger partial charge in [0, 0.05) is 23.3 Å². The minimum Gasteiger partial charge on any atom is -0.493 e. The van der Waals surface area contributed by atoms with Gasteiger partial charge in [0.05, 0.1) is 25.8 Å². The molecule has 0 aliphatic heterocycles. The molecule has 3 aromatic rings. The van der Waals surface area contributed by atoms with Gasteiger partial charge >= 0.3 is 0 Å². The summed E-state index contributed by atoms with van der Waals surface area (Å²) in [6, 6.07) is 16.6. The molecule has 27 heavy (non-hydrogen) atoms. The number of hydrogen-bond acceptors (Lipinski definition) is 5. The van der Waals surface area contributed by atoms with Gasteiger partial charge in [-0.2, -0.15) is 0 Å². The summed E-state index contributed by atoms with van der Waals surface area (Å²) in [6.45, 7) is 2.78. The second kappa shape index (κ2) is 8.27. The molecule has 0 spiro atoms. The summed E-state index contributed by atoms with van der Waals surface area (Å²) in [4.78, 5) is 6.82. The van der Waals surface area contributed by atoms with Gasteiger partial charge in [0.2, 0.25) is 0 Å². The first-order valence-electron chi connectivity index (χ1n) is 9.02. The minimum absolute atomic E-state index is 0.178. The van der Waals surface area contributed by atoms with Crippen LogP contribution in [0.15, 0.2) is 48.5 Å². The Morgan fingerprint density at radius 1 is 1.00 bits per heavy atom. The zero-order chi connectivity index (χ0) is 19.4. The minimum atomic E-state index is 0.178. The fourth-order valence-electron chi connectivity index (χ4n) is 3.32. The zero-order valence-electron chi connectivity index (χ0n) is 16.6. The van der Waals surface area contributed by atoms with Gasteiger partial charge in [-0.05, 0) is 50.8 Å². The Labute approximate surface area is 160 Å². The monoisotopic (exact) mass is 365 g/mol. The zero-order valence-corrected chi connectivity index (χ0v) is 16.6. The summed E-state index contributed by atoms with van der Waals surface area (Å²) in [5.41, 5.74) is 4.28. The van der Waals surface area contributed by atoms with Crippen LogP contribution in [0.25, 0.3) is 10.9 Å². The van der Waals surface area contributed by atoms with Crippen molar-refractivity contribution in [1.29, 1.82) is 0 Å². The summed E-state index contributed by atoms with van der Waals surface area (Å²) in [5.74, 6) is 1.48. The van der Waals surface area contributed by atoms with Crippen LogP contribution in [-0.4, -0.2) is 44.7 Å². The van der Waals surface area contributed by atoms with Gasteiger partial charge < -0.3 is 19.7 Å². The molecule has 1 heterocycles. The van der Waals surface area contributed by atoms with E-state index in [2.05, 4.69) is 47.5 Å². The molecular formula is C22H27N3O2.